The van der Waals surface area contributed by atoms with Crippen LogP contribution in [-0.2, 0) is 0 Å². The highest BCUT2D eigenvalue weighted by atomic mass is 32.1. The van der Waals surface area contributed by atoms with E-state index in [1.54, 1.807) is 11.3 Å². The van der Waals surface area contributed by atoms with Gasteiger partial charge in [-0.25, -0.2) is 0 Å². The molecular formula is C12H13NS. The summed E-state index contributed by atoms with van der Waals surface area (Å²) >= 11 is 1.71. The van der Waals surface area contributed by atoms with Gasteiger partial charge in [0.2, 0.25) is 0 Å². The van der Waals surface area contributed by atoms with Gasteiger partial charge in [-0.15, -0.1) is 11.3 Å². The molecular weight excluding hydrogens is 190 g/mol. The molecule has 1 aromatic heterocycles. The lowest BCUT2D eigenvalue weighted by molar-refractivity contribution is 1.45. The molecule has 0 spiro atoms. The van der Waals surface area contributed by atoms with E-state index in [0.717, 1.165) is 5.69 Å². The molecule has 72 valence electrons. The Morgan fingerprint density at radius 2 is 1.86 bits per heavy atom. The number of rotatable bonds is 1. The molecule has 0 saturated carbocycles. The van der Waals surface area contributed by atoms with Crippen molar-refractivity contribution in [3.8, 4) is 11.1 Å². The number of benzene rings is 1. The second-order valence-electron chi connectivity index (χ2n) is 3.44. The van der Waals surface area contributed by atoms with E-state index in [4.69, 9.17) is 5.73 Å². The summed E-state index contributed by atoms with van der Waals surface area (Å²) in [4.78, 5) is 1.29. The van der Waals surface area contributed by atoms with Crippen molar-refractivity contribution < 1.29 is 0 Å². The van der Waals surface area contributed by atoms with Crippen LogP contribution in [0.25, 0.3) is 11.1 Å². The van der Waals surface area contributed by atoms with E-state index in [9.17, 15) is 0 Å². The van der Waals surface area contributed by atoms with Crippen LogP contribution in [0.5, 0.6) is 0 Å². The van der Waals surface area contributed by atoms with Crippen LogP contribution in [0.15, 0.2) is 29.6 Å². The minimum Gasteiger partial charge on any atom is -0.398 e. The lowest BCUT2D eigenvalue weighted by Crippen LogP contribution is -1.88. The summed E-state index contributed by atoms with van der Waals surface area (Å²) in [6, 6.07) is 8.35. The van der Waals surface area contributed by atoms with E-state index < -0.39 is 0 Å². The van der Waals surface area contributed by atoms with Gasteiger partial charge in [0, 0.05) is 15.8 Å². The molecule has 0 aliphatic heterocycles. The minimum atomic E-state index is 0.891. The molecule has 1 heterocycles. The summed E-state index contributed by atoms with van der Waals surface area (Å²) < 4.78 is 0. The van der Waals surface area contributed by atoms with Crippen LogP contribution >= 0.6 is 11.3 Å². The molecule has 1 aromatic carbocycles. The third kappa shape index (κ3) is 1.42. The van der Waals surface area contributed by atoms with Gasteiger partial charge >= 0.3 is 0 Å². The molecule has 0 aliphatic rings. The summed E-state index contributed by atoms with van der Waals surface area (Å²) in [5, 5.41) is 2.01. The molecule has 0 saturated heterocycles. The molecule has 0 unspecified atom stereocenters. The van der Waals surface area contributed by atoms with Gasteiger partial charge in [-0.1, -0.05) is 24.3 Å². The van der Waals surface area contributed by atoms with Crippen molar-refractivity contribution in [2.75, 3.05) is 5.73 Å². The van der Waals surface area contributed by atoms with E-state index in [1.165, 1.54) is 21.6 Å². The Labute approximate surface area is 88.2 Å². The highest BCUT2D eigenvalue weighted by molar-refractivity contribution is 7.11. The lowest BCUT2D eigenvalue weighted by atomic mass is 10.0. The number of thiophene rings is 1. The predicted molar refractivity (Wildman–Crippen MR) is 63.6 cm³/mol. The summed E-state index contributed by atoms with van der Waals surface area (Å²) in [5.41, 5.74) is 10.6. The topological polar surface area (TPSA) is 26.0 Å². The van der Waals surface area contributed by atoms with Crippen LogP contribution in [0.3, 0.4) is 0 Å². The molecule has 0 bridgehead atoms. The van der Waals surface area contributed by atoms with Gasteiger partial charge < -0.3 is 5.73 Å². The van der Waals surface area contributed by atoms with Crippen LogP contribution < -0.4 is 5.73 Å². The zero-order chi connectivity index (χ0) is 10.1. The Morgan fingerprint density at radius 1 is 1.14 bits per heavy atom. The second kappa shape index (κ2) is 3.46. The van der Waals surface area contributed by atoms with Gasteiger partial charge in [-0.2, -0.15) is 0 Å². The Balaban J connectivity index is 2.66. The van der Waals surface area contributed by atoms with Crippen molar-refractivity contribution in [1.82, 2.24) is 0 Å². The van der Waals surface area contributed by atoms with Gasteiger partial charge in [-0.05, 0) is 25.0 Å². The largest absolute Gasteiger partial charge is 0.398 e. The maximum absolute atomic E-state index is 5.95. The first-order valence-corrected chi connectivity index (χ1v) is 5.47. The third-order valence-electron chi connectivity index (χ3n) is 2.42. The Hall–Kier alpha value is -1.28. The van der Waals surface area contributed by atoms with Gasteiger partial charge in [0.1, 0.15) is 0 Å². The van der Waals surface area contributed by atoms with Gasteiger partial charge in [0.25, 0.3) is 0 Å². The number of anilines is 1. The number of nitrogens with two attached hydrogens (primary N) is 1. The Morgan fingerprint density at radius 3 is 2.43 bits per heavy atom. The lowest BCUT2D eigenvalue weighted by Gasteiger charge is -2.06. The van der Waals surface area contributed by atoms with Crippen LogP contribution in [0, 0.1) is 13.8 Å². The molecule has 2 heteroatoms. The predicted octanol–water partition coefficient (Wildman–Crippen LogP) is 3.61. The fourth-order valence-corrected chi connectivity index (χ4v) is 2.44. The van der Waals surface area contributed by atoms with Crippen LogP contribution in [0.4, 0.5) is 5.69 Å². The van der Waals surface area contributed by atoms with Gasteiger partial charge in [0.15, 0.2) is 0 Å². The highest BCUT2D eigenvalue weighted by Crippen LogP contribution is 2.35. The summed E-state index contributed by atoms with van der Waals surface area (Å²) in [7, 11) is 0. The fraction of sp³-hybridized carbons (Fsp3) is 0.167. The summed E-state index contributed by atoms with van der Waals surface area (Å²) in [6.45, 7) is 4.23. The van der Waals surface area contributed by atoms with E-state index in [1.807, 2.05) is 5.38 Å². The Kier molecular flexibility index (Phi) is 2.30. The molecule has 0 aliphatic carbocycles. The van der Waals surface area contributed by atoms with Crippen molar-refractivity contribution in [3.63, 3.8) is 0 Å². The average Bonchev–Trinajstić information content (AvgIpc) is 2.48. The van der Waals surface area contributed by atoms with Crippen molar-refractivity contribution in [2.45, 2.75) is 13.8 Å². The standard InChI is InChI=1S/C12H13NS/c1-8-5-3-4-6-10(8)12-9(2)14-7-11(12)13/h3-7H,13H2,1-2H3. The summed E-state index contributed by atoms with van der Waals surface area (Å²) in [6.07, 6.45) is 0. The molecule has 14 heavy (non-hydrogen) atoms. The number of nitrogen functional groups attached to an aromatic ring is 1. The first-order chi connectivity index (χ1) is 6.70. The van der Waals surface area contributed by atoms with Crippen molar-refractivity contribution in [1.29, 1.82) is 0 Å². The molecule has 1 nitrogen and oxygen atoms in total. The first kappa shape index (κ1) is 9.28. The van der Waals surface area contributed by atoms with Crippen molar-refractivity contribution in [3.05, 3.63) is 40.1 Å². The molecule has 2 aromatic rings. The maximum atomic E-state index is 5.95. The van der Waals surface area contributed by atoms with Crippen molar-refractivity contribution >= 4 is 17.0 Å². The molecule has 2 N–H and O–H groups in total. The fourth-order valence-electron chi connectivity index (χ4n) is 1.67. The zero-order valence-electron chi connectivity index (χ0n) is 8.37. The molecule has 0 atom stereocenters. The number of hydrogen-bond acceptors (Lipinski definition) is 2. The Bertz CT molecular complexity index is 438. The maximum Gasteiger partial charge on any atom is 0.0505 e. The van der Waals surface area contributed by atoms with E-state index in [0.29, 0.717) is 0 Å². The summed E-state index contributed by atoms with van der Waals surface area (Å²) in [5.74, 6) is 0. The smallest absolute Gasteiger partial charge is 0.0505 e. The first-order valence-electron chi connectivity index (χ1n) is 4.59. The van der Waals surface area contributed by atoms with Crippen molar-refractivity contribution in [2.24, 2.45) is 0 Å². The average molecular weight is 203 g/mol. The molecule has 2 rings (SSSR count). The number of hydrogen-bond donors (Lipinski definition) is 1. The highest BCUT2D eigenvalue weighted by Gasteiger charge is 2.09. The zero-order valence-corrected chi connectivity index (χ0v) is 9.19. The third-order valence-corrected chi connectivity index (χ3v) is 3.35. The van der Waals surface area contributed by atoms with Crippen LogP contribution in [0.1, 0.15) is 10.4 Å². The monoisotopic (exact) mass is 203 g/mol. The van der Waals surface area contributed by atoms with Crippen LogP contribution in [-0.4, -0.2) is 0 Å². The molecule has 0 fully saturated rings. The second-order valence-corrected chi connectivity index (χ2v) is 4.52. The quantitative estimate of drug-likeness (QED) is 0.752. The normalized spacial score (nSPS) is 10.4. The SMILES string of the molecule is Cc1ccccc1-c1c(N)csc1C. The molecule has 0 radical (unpaired) electrons. The minimum absolute atomic E-state index is 0.891. The van der Waals surface area contributed by atoms with E-state index in [-0.39, 0.29) is 0 Å². The van der Waals surface area contributed by atoms with Crippen LogP contribution in [0.2, 0.25) is 0 Å². The number of aryl methyl sites for hydroxylation is 2. The van der Waals surface area contributed by atoms with E-state index in [2.05, 4.69) is 38.1 Å². The van der Waals surface area contributed by atoms with E-state index >= 15 is 0 Å². The molecule has 0 amide bonds. The van der Waals surface area contributed by atoms with Gasteiger partial charge in [0.05, 0.1) is 5.69 Å². The van der Waals surface area contributed by atoms with Gasteiger partial charge in [-0.3, -0.25) is 0 Å².